The van der Waals surface area contributed by atoms with Crippen LogP contribution in [0.4, 0.5) is 32.0 Å². The molecule has 0 unspecified atom stereocenters. The second-order valence-corrected chi connectivity index (χ2v) is 15.4. The van der Waals surface area contributed by atoms with Gasteiger partial charge in [-0.2, -0.15) is 26.3 Å². The number of rotatable bonds is 11. The number of halogens is 9. The molecule has 14 nitrogen and oxygen atoms in total. The van der Waals surface area contributed by atoms with Crippen LogP contribution in [0.2, 0.25) is 15.1 Å². The number of aromatic nitrogens is 8. The van der Waals surface area contributed by atoms with Crippen molar-refractivity contribution in [1.29, 1.82) is 0 Å². The second-order valence-electron chi connectivity index (χ2n) is 14.3. The van der Waals surface area contributed by atoms with Gasteiger partial charge in [0.15, 0.2) is 0 Å². The first-order valence-corrected chi connectivity index (χ1v) is 19.8. The lowest BCUT2D eigenvalue weighted by molar-refractivity contribution is -0.148. The summed E-state index contributed by atoms with van der Waals surface area (Å²) in [7, 11) is 1.44. The molecule has 4 aromatic heterocycles. The van der Waals surface area contributed by atoms with Gasteiger partial charge in [0.2, 0.25) is 17.5 Å². The lowest BCUT2D eigenvalue weighted by atomic mass is 10.0. The topological polar surface area (TPSA) is 141 Å². The first-order chi connectivity index (χ1) is 29.6. The van der Waals surface area contributed by atoms with Gasteiger partial charge >= 0.3 is 12.4 Å². The number of alkyl halides is 6. The molecular weight excluding hydrogens is 891 g/mol. The zero-order valence-corrected chi connectivity index (χ0v) is 34.5. The summed E-state index contributed by atoms with van der Waals surface area (Å²) in [5, 5.41) is 17.6. The Morgan fingerprint density at radius 3 is 1.98 bits per heavy atom. The number of carbonyl (C=O) groups excluding carboxylic acids is 1. The van der Waals surface area contributed by atoms with Crippen LogP contribution >= 0.6 is 34.8 Å². The third-order valence-electron chi connectivity index (χ3n) is 10.2. The monoisotopic (exact) mass is 921 g/mol. The molecule has 6 aromatic rings. The molecule has 0 saturated heterocycles. The van der Waals surface area contributed by atoms with E-state index in [1.807, 2.05) is 9.80 Å². The molecular formula is C39H32Cl3F6N11O3. The number of amides is 1. The average Bonchev–Trinajstić information content (AvgIpc) is 3.87. The number of nitrogens with one attached hydrogen (secondary N) is 1. The first kappa shape index (κ1) is 43.1. The van der Waals surface area contributed by atoms with Gasteiger partial charge in [-0.1, -0.05) is 65.1 Å². The summed E-state index contributed by atoms with van der Waals surface area (Å²) in [6, 6.07) is 15.1. The number of benzene rings is 2. The molecule has 0 aliphatic carbocycles. The van der Waals surface area contributed by atoms with Gasteiger partial charge in [-0.15, -0.1) is 20.4 Å². The molecule has 0 saturated carbocycles. The number of ether oxygens (including phenoxy) is 2. The Bertz CT molecular complexity index is 2640. The molecule has 0 bridgehead atoms. The van der Waals surface area contributed by atoms with Crippen molar-refractivity contribution in [2.24, 2.45) is 0 Å². The van der Waals surface area contributed by atoms with E-state index in [9.17, 15) is 31.1 Å². The summed E-state index contributed by atoms with van der Waals surface area (Å²) < 4.78 is 93.3. The average molecular weight is 923 g/mol. The molecule has 2 aliphatic rings. The van der Waals surface area contributed by atoms with Crippen molar-refractivity contribution < 1.29 is 40.6 Å². The fourth-order valence-corrected chi connectivity index (χ4v) is 7.98. The molecule has 2 aromatic carbocycles. The lowest BCUT2D eigenvalue weighted by Gasteiger charge is -2.28. The maximum atomic E-state index is 13.3. The van der Waals surface area contributed by atoms with Gasteiger partial charge in [0.25, 0.3) is 5.91 Å². The first-order valence-electron chi connectivity index (χ1n) is 18.7. The minimum absolute atomic E-state index is 0.0584. The van der Waals surface area contributed by atoms with Crippen molar-refractivity contribution in [2.75, 3.05) is 25.5 Å². The summed E-state index contributed by atoms with van der Waals surface area (Å²) in [5.74, 6) is -1.61. The number of pyridine rings is 2. The van der Waals surface area contributed by atoms with Crippen LogP contribution in [-0.2, 0) is 58.2 Å². The van der Waals surface area contributed by atoms with Crippen molar-refractivity contribution in [1.82, 2.24) is 49.3 Å². The number of nitrogens with zero attached hydrogens (tertiary/aromatic N) is 10. The van der Waals surface area contributed by atoms with Crippen LogP contribution in [0.15, 0.2) is 60.8 Å². The highest BCUT2D eigenvalue weighted by molar-refractivity contribution is 6.39. The minimum atomic E-state index is -4.60. The molecule has 0 atom stereocenters. The zero-order valence-electron chi connectivity index (χ0n) is 32.2. The van der Waals surface area contributed by atoms with Crippen LogP contribution in [0.5, 0.6) is 11.6 Å². The minimum Gasteiger partial charge on any atom is -0.486 e. The molecule has 324 valence electrons. The zero-order chi connectivity index (χ0) is 43.9. The third-order valence-corrected chi connectivity index (χ3v) is 11.3. The summed E-state index contributed by atoms with van der Waals surface area (Å²) in [6.45, 7) is 1.64. The third kappa shape index (κ3) is 9.01. The molecule has 1 amide bonds. The van der Waals surface area contributed by atoms with E-state index in [1.165, 1.54) is 13.3 Å². The van der Waals surface area contributed by atoms with Gasteiger partial charge in [-0.05, 0) is 29.8 Å². The molecule has 8 rings (SSSR count). The Kier molecular flexibility index (Phi) is 12.0. The number of anilines is 1. The Hall–Kier alpha value is -5.54. The summed E-state index contributed by atoms with van der Waals surface area (Å²) in [4.78, 5) is 25.9. The van der Waals surface area contributed by atoms with Crippen LogP contribution in [-0.4, -0.2) is 75.4 Å². The highest BCUT2D eigenvalue weighted by Crippen LogP contribution is 2.42. The van der Waals surface area contributed by atoms with E-state index in [0.717, 1.165) is 14.7 Å². The van der Waals surface area contributed by atoms with Gasteiger partial charge in [-0.25, -0.2) is 4.98 Å². The predicted molar refractivity (Wildman–Crippen MR) is 212 cm³/mol. The highest BCUT2D eigenvalue weighted by Gasteiger charge is 2.40. The van der Waals surface area contributed by atoms with Gasteiger partial charge in [0.1, 0.15) is 35.4 Å². The summed E-state index contributed by atoms with van der Waals surface area (Å²) >= 11 is 20.4. The van der Waals surface area contributed by atoms with E-state index < -0.39 is 29.9 Å². The lowest BCUT2D eigenvalue weighted by Crippen LogP contribution is -2.35. The van der Waals surface area contributed by atoms with Gasteiger partial charge in [0, 0.05) is 62.2 Å². The molecule has 0 fully saturated rings. The van der Waals surface area contributed by atoms with Crippen molar-refractivity contribution >= 4 is 46.4 Å². The quantitative estimate of drug-likeness (QED) is 0.126. The molecule has 1 N–H and O–H groups in total. The molecule has 6 heterocycles. The number of fused-ring (bicyclic) bond motifs is 2. The Labute approximate surface area is 363 Å². The Balaban J connectivity index is 0.898. The number of hydrogen-bond acceptors (Lipinski definition) is 11. The molecule has 23 heteroatoms. The summed E-state index contributed by atoms with van der Waals surface area (Å²) in [6.07, 6.45) is -7.66. The van der Waals surface area contributed by atoms with E-state index >= 15 is 0 Å². The van der Waals surface area contributed by atoms with Gasteiger partial charge in [0.05, 0.1) is 41.0 Å². The van der Waals surface area contributed by atoms with Crippen molar-refractivity contribution in [3.63, 3.8) is 0 Å². The number of carbonyl (C=O) groups is 1. The van der Waals surface area contributed by atoms with E-state index in [4.69, 9.17) is 44.3 Å². The van der Waals surface area contributed by atoms with E-state index in [0.29, 0.717) is 47.7 Å². The number of methoxy groups -OCH3 is 1. The standard InChI is InChI=1S/C39H32Cl3F6N11O3/c1-61-35-22(17-57-11-13-59-31(19-57)53-55-37(59)39(46,47)48)14-25(40)28(51-35)20-62-29-7-3-5-24(33(29)42)23-4-2-6-26(32(23)41)50-34(60)27-9-8-21(15-49-27)16-56-10-12-58-30(18-56)52-54-36(58)38(43,44)45/h2-9,14-15H,10-13,16-20H2,1H3,(H,50,60). The second kappa shape index (κ2) is 17.3. The maximum Gasteiger partial charge on any atom is 0.451 e. The number of hydrogen-bond donors (Lipinski definition) is 1. The summed E-state index contributed by atoms with van der Waals surface area (Å²) in [5.41, 5.74) is 3.09. The Morgan fingerprint density at radius 1 is 0.774 bits per heavy atom. The molecule has 0 radical (unpaired) electrons. The molecule has 2 aliphatic heterocycles. The largest absolute Gasteiger partial charge is 0.486 e. The van der Waals surface area contributed by atoms with Crippen molar-refractivity contribution in [3.05, 3.63) is 122 Å². The van der Waals surface area contributed by atoms with Crippen LogP contribution in [0.25, 0.3) is 11.1 Å². The van der Waals surface area contributed by atoms with Crippen LogP contribution < -0.4 is 14.8 Å². The van der Waals surface area contributed by atoms with Crippen molar-refractivity contribution in [2.45, 2.75) is 58.2 Å². The normalized spacial score (nSPS) is 14.7. The van der Waals surface area contributed by atoms with Crippen LogP contribution in [0.1, 0.15) is 50.6 Å². The van der Waals surface area contributed by atoms with Gasteiger partial charge in [-0.3, -0.25) is 19.6 Å². The fourth-order valence-electron chi connectivity index (χ4n) is 7.19. The smallest absolute Gasteiger partial charge is 0.451 e. The SMILES string of the molecule is COc1nc(COc2cccc(-c3cccc(NC(=O)c4ccc(CN5CCn6c(nnc6C(F)(F)F)C5)cn4)c3Cl)c2Cl)c(Cl)cc1CN1CCn2c(nnc2C(F)(F)F)C1. The van der Waals surface area contributed by atoms with Crippen molar-refractivity contribution in [3.8, 4) is 22.8 Å². The van der Waals surface area contributed by atoms with Crippen LogP contribution in [0.3, 0.4) is 0 Å². The highest BCUT2D eigenvalue weighted by atomic mass is 35.5. The van der Waals surface area contributed by atoms with E-state index in [-0.39, 0.29) is 83.4 Å². The fraction of sp³-hybridized carbons (Fsp3) is 0.308. The van der Waals surface area contributed by atoms with Crippen LogP contribution in [0, 0.1) is 0 Å². The van der Waals surface area contributed by atoms with E-state index in [2.05, 4.69) is 35.7 Å². The molecule has 0 spiro atoms. The maximum absolute atomic E-state index is 13.3. The van der Waals surface area contributed by atoms with Gasteiger partial charge < -0.3 is 23.9 Å². The Morgan fingerprint density at radius 2 is 1.39 bits per heavy atom. The molecule has 62 heavy (non-hydrogen) atoms. The predicted octanol–water partition coefficient (Wildman–Crippen LogP) is 8.20. The van der Waals surface area contributed by atoms with E-state index in [1.54, 1.807) is 54.6 Å².